The summed E-state index contributed by atoms with van der Waals surface area (Å²) in [4.78, 5) is 17.3. The molecule has 0 atom stereocenters. The Hall–Kier alpha value is -2.64. The Morgan fingerprint density at radius 3 is 2.64 bits per heavy atom. The zero-order valence-corrected chi connectivity index (χ0v) is 13.0. The fraction of sp³-hybridized carbons (Fsp3) is 0.294. The molecule has 1 aliphatic rings. The fourth-order valence-corrected chi connectivity index (χ4v) is 2.45. The highest BCUT2D eigenvalue weighted by atomic mass is 19.4. The average molecular weight is 354 g/mol. The van der Waals surface area contributed by atoms with Crippen molar-refractivity contribution in [3.63, 3.8) is 0 Å². The summed E-state index contributed by atoms with van der Waals surface area (Å²) in [6.07, 6.45) is -3.94. The molecule has 1 fully saturated rings. The van der Waals surface area contributed by atoms with E-state index in [4.69, 9.17) is 4.74 Å². The van der Waals surface area contributed by atoms with Crippen LogP contribution >= 0.6 is 0 Å². The number of hydrogen-bond donors (Lipinski definition) is 0. The number of likely N-dealkylation sites (tertiary alicyclic amines) is 1. The van der Waals surface area contributed by atoms with Crippen LogP contribution < -0.4 is 4.74 Å². The highest BCUT2D eigenvalue weighted by Crippen LogP contribution is 2.31. The van der Waals surface area contributed by atoms with Crippen molar-refractivity contribution in [3.8, 4) is 5.88 Å². The second kappa shape index (κ2) is 6.70. The van der Waals surface area contributed by atoms with E-state index in [9.17, 15) is 22.4 Å². The summed E-state index contributed by atoms with van der Waals surface area (Å²) >= 11 is 0. The third kappa shape index (κ3) is 4.07. The van der Waals surface area contributed by atoms with Crippen LogP contribution in [0.15, 0.2) is 42.6 Å². The monoisotopic (exact) mass is 354 g/mol. The first-order valence-corrected chi connectivity index (χ1v) is 7.54. The van der Waals surface area contributed by atoms with Gasteiger partial charge in [-0.3, -0.25) is 4.79 Å². The molecule has 25 heavy (non-hydrogen) atoms. The standard InChI is InChI=1S/C17H14F4N2O2/c18-14-4-2-1-3-11(14)7-16(24)23-9-13(10-23)25-15-8-12(5-6-22-15)17(19,20)21/h1-6,8,13H,7,9-10H2. The SMILES string of the molecule is O=C(Cc1ccccc1F)N1CC(Oc2cc(C(F)(F)F)ccn2)C1. The van der Waals surface area contributed by atoms with Crippen molar-refractivity contribution in [3.05, 3.63) is 59.5 Å². The zero-order valence-electron chi connectivity index (χ0n) is 13.0. The Balaban J connectivity index is 1.53. The number of aromatic nitrogens is 1. The maximum Gasteiger partial charge on any atom is 0.416 e. The van der Waals surface area contributed by atoms with E-state index in [-0.39, 0.29) is 31.3 Å². The van der Waals surface area contributed by atoms with Crippen molar-refractivity contribution < 1.29 is 27.1 Å². The van der Waals surface area contributed by atoms with E-state index in [2.05, 4.69) is 4.98 Å². The molecular formula is C17H14F4N2O2. The van der Waals surface area contributed by atoms with Gasteiger partial charge in [0.15, 0.2) is 0 Å². The minimum atomic E-state index is -4.47. The third-order valence-corrected chi connectivity index (χ3v) is 3.85. The lowest BCUT2D eigenvalue weighted by Crippen LogP contribution is -2.56. The lowest BCUT2D eigenvalue weighted by Gasteiger charge is -2.38. The molecule has 0 saturated carbocycles. The molecule has 0 spiro atoms. The number of carbonyl (C=O) groups excluding carboxylic acids is 1. The van der Waals surface area contributed by atoms with Gasteiger partial charge in [-0.25, -0.2) is 9.37 Å². The van der Waals surface area contributed by atoms with Crippen molar-refractivity contribution in [2.24, 2.45) is 0 Å². The predicted octanol–water partition coefficient (Wildman–Crippen LogP) is 3.07. The Morgan fingerprint density at radius 2 is 1.96 bits per heavy atom. The van der Waals surface area contributed by atoms with Gasteiger partial charge in [0.05, 0.1) is 25.1 Å². The number of nitrogens with zero attached hydrogens (tertiary/aromatic N) is 2. The maximum atomic E-state index is 13.5. The quantitative estimate of drug-likeness (QED) is 0.793. The molecule has 1 amide bonds. The van der Waals surface area contributed by atoms with Crippen LogP contribution in [0.5, 0.6) is 5.88 Å². The number of rotatable bonds is 4. The molecule has 0 radical (unpaired) electrons. The van der Waals surface area contributed by atoms with E-state index in [1.807, 2.05) is 0 Å². The molecule has 4 nitrogen and oxygen atoms in total. The second-order valence-corrected chi connectivity index (χ2v) is 5.69. The third-order valence-electron chi connectivity index (χ3n) is 3.85. The fourth-order valence-electron chi connectivity index (χ4n) is 2.45. The van der Waals surface area contributed by atoms with Crippen LogP contribution in [0, 0.1) is 5.82 Å². The van der Waals surface area contributed by atoms with E-state index in [0.717, 1.165) is 18.3 Å². The lowest BCUT2D eigenvalue weighted by molar-refractivity contribution is -0.139. The van der Waals surface area contributed by atoms with Crippen molar-refractivity contribution in [2.75, 3.05) is 13.1 Å². The van der Waals surface area contributed by atoms with E-state index in [1.165, 1.54) is 17.0 Å². The van der Waals surface area contributed by atoms with Crippen molar-refractivity contribution in [2.45, 2.75) is 18.7 Å². The summed E-state index contributed by atoms with van der Waals surface area (Å²) in [5, 5.41) is 0. The molecule has 3 rings (SSSR count). The molecule has 1 aromatic heterocycles. The molecule has 1 aliphatic heterocycles. The van der Waals surface area contributed by atoms with Crippen molar-refractivity contribution >= 4 is 5.91 Å². The number of alkyl halides is 3. The molecule has 1 saturated heterocycles. The van der Waals surface area contributed by atoms with Gasteiger partial charge >= 0.3 is 6.18 Å². The lowest BCUT2D eigenvalue weighted by atomic mass is 10.1. The van der Waals surface area contributed by atoms with Gasteiger partial charge in [-0.15, -0.1) is 0 Å². The largest absolute Gasteiger partial charge is 0.471 e. The minimum Gasteiger partial charge on any atom is -0.471 e. The van der Waals surface area contributed by atoms with Gasteiger partial charge in [0.25, 0.3) is 0 Å². The zero-order chi connectivity index (χ0) is 18.0. The molecule has 132 valence electrons. The Bertz CT molecular complexity index is 773. The molecular weight excluding hydrogens is 340 g/mol. The van der Waals surface area contributed by atoms with Crippen LogP contribution in [0.4, 0.5) is 17.6 Å². The Labute approximate surface area is 141 Å². The van der Waals surface area contributed by atoms with Crippen molar-refractivity contribution in [1.82, 2.24) is 9.88 Å². The van der Waals surface area contributed by atoms with Gasteiger partial charge in [0.2, 0.25) is 11.8 Å². The molecule has 0 aliphatic carbocycles. The van der Waals surface area contributed by atoms with Gasteiger partial charge in [-0.1, -0.05) is 18.2 Å². The van der Waals surface area contributed by atoms with Crippen LogP contribution in [0.25, 0.3) is 0 Å². The second-order valence-electron chi connectivity index (χ2n) is 5.69. The Kier molecular flexibility index (Phi) is 4.61. The van der Waals surface area contributed by atoms with Gasteiger partial charge in [0, 0.05) is 12.3 Å². The van der Waals surface area contributed by atoms with Crippen LogP contribution in [-0.4, -0.2) is 35.0 Å². The van der Waals surface area contributed by atoms with Crippen LogP contribution in [0.3, 0.4) is 0 Å². The van der Waals surface area contributed by atoms with E-state index in [1.54, 1.807) is 12.1 Å². The normalized spacial score (nSPS) is 15.0. The van der Waals surface area contributed by atoms with Gasteiger partial charge < -0.3 is 9.64 Å². The molecule has 0 unspecified atom stereocenters. The average Bonchev–Trinajstić information content (AvgIpc) is 2.52. The van der Waals surface area contributed by atoms with Gasteiger partial charge in [-0.05, 0) is 17.7 Å². The number of hydrogen-bond acceptors (Lipinski definition) is 3. The van der Waals surface area contributed by atoms with E-state index < -0.39 is 23.7 Å². The smallest absolute Gasteiger partial charge is 0.416 e. The van der Waals surface area contributed by atoms with Crippen LogP contribution in [0.2, 0.25) is 0 Å². The molecule has 0 N–H and O–H groups in total. The summed E-state index contributed by atoms with van der Waals surface area (Å²) in [5.41, 5.74) is -0.541. The molecule has 8 heteroatoms. The van der Waals surface area contributed by atoms with E-state index in [0.29, 0.717) is 5.56 Å². The minimum absolute atomic E-state index is 0.0683. The number of benzene rings is 1. The highest BCUT2D eigenvalue weighted by Gasteiger charge is 2.34. The first kappa shape index (κ1) is 17.2. The first-order chi connectivity index (χ1) is 11.8. The maximum absolute atomic E-state index is 13.5. The van der Waals surface area contributed by atoms with E-state index >= 15 is 0 Å². The number of halogens is 4. The van der Waals surface area contributed by atoms with Gasteiger partial charge in [0.1, 0.15) is 11.9 Å². The molecule has 0 bridgehead atoms. The van der Waals surface area contributed by atoms with Crippen molar-refractivity contribution in [1.29, 1.82) is 0 Å². The summed E-state index contributed by atoms with van der Waals surface area (Å²) in [5.74, 6) is -0.847. The first-order valence-electron chi connectivity index (χ1n) is 7.54. The Morgan fingerprint density at radius 1 is 1.24 bits per heavy atom. The predicted molar refractivity (Wildman–Crippen MR) is 80.3 cm³/mol. The molecule has 1 aromatic carbocycles. The summed E-state index contributed by atoms with van der Waals surface area (Å²) < 4.78 is 56.8. The number of amides is 1. The van der Waals surface area contributed by atoms with Crippen LogP contribution in [-0.2, 0) is 17.4 Å². The summed E-state index contributed by atoms with van der Waals surface area (Å²) in [7, 11) is 0. The number of ether oxygens (including phenoxy) is 1. The number of pyridine rings is 1. The molecule has 2 aromatic rings. The van der Waals surface area contributed by atoms with Crippen LogP contribution in [0.1, 0.15) is 11.1 Å². The summed E-state index contributed by atoms with van der Waals surface area (Å²) in [6.45, 7) is 0.455. The summed E-state index contributed by atoms with van der Waals surface area (Å²) in [6, 6.07) is 7.69. The topological polar surface area (TPSA) is 42.4 Å². The van der Waals surface area contributed by atoms with Gasteiger partial charge in [-0.2, -0.15) is 13.2 Å². The number of carbonyl (C=O) groups is 1. The molecule has 2 heterocycles. The highest BCUT2D eigenvalue weighted by molar-refractivity contribution is 5.79.